The minimum Gasteiger partial charge on any atom is -0.480 e. The summed E-state index contributed by atoms with van der Waals surface area (Å²) in [5.74, 6) is 0.272. The first kappa shape index (κ1) is 13.9. The van der Waals surface area contributed by atoms with Crippen molar-refractivity contribution in [2.45, 2.75) is 12.6 Å². The largest absolute Gasteiger partial charge is 0.480 e. The number of nitrogens with two attached hydrogens (primary N) is 1. The number of thioether (sulfide) groups is 1. The molecule has 1 unspecified atom stereocenters. The van der Waals surface area contributed by atoms with Crippen molar-refractivity contribution in [3.8, 4) is 0 Å². The van der Waals surface area contributed by atoms with Crippen LogP contribution in [0.5, 0.6) is 0 Å². The molecule has 19 heavy (non-hydrogen) atoms. The van der Waals surface area contributed by atoms with E-state index in [9.17, 15) is 14.7 Å². The Bertz CT molecular complexity index is 493. The lowest BCUT2D eigenvalue weighted by atomic mass is 10.1. The van der Waals surface area contributed by atoms with Gasteiger partial charge in [0.25, 0.3) is 0 Å². The van der Waals surface area contributed by atoms with Crippen molar-refractivity contribution < 1.29 is 14.7 Å². The first-order valence-electron chi connectivity index (χ1n) is 6.01. The van der Waals surface area contributed by atoms with Gasteiger partial charge >= 0.3 is 5.97 Å². The molecule has 1 heterocycles. The summed E-state index contributed by atoms with van der Waals surface area (Å²) in [6.07, 6.45) is 0. The highest BCUT2D eigenvalue weighted by Crippen LogP contribution is 2.19. The molecule has 1 aliphatic rings. The number of primary amides is 1. The number of carbonyl (C=O) groups excluding carboxylic acids is 1. The van der Waals surface area contributed by atoms with Crippen molar-refractivity contribution in [1.29, 1.82) is 0 Å². The van der Waals surface area contributed by atoms with Crippen LogP contribution in [0.2, 0.25) is 0 Å². The van der Waals surface area contributed by atoms with Gasteiger partial charge in [-0.25, -0.2) is 0 Å². The number of amides is 1. The third-order valence-electron chi connectivity index (χ3n) is 3.12. The van der Waals surface area contributed by atoms with Gasteiger partial charge in [0.2, 0.25) is 5.91 Å². The molecule has 1 aliphatic heterocycles. The van der Waals surface area contributed by atoms with E-state index in [0.29, 0.717) is 17.9 Å². The highest BCUT2D eigenvalue weighted by atomic mass is 32.2. The number of aliphatic carboxylic acids is 1. The molecule has 6 heteroatoms. The number of hydrogen-bond donors (Lipinski definition) is 2. The van der Waals surface area contributed by atoms with Crippen molar-refractivity contribution in [3.63, 3.8) is 0 Å². The first-order chi connectivity index (χ1) is 9.08. The Morgan fingerprint density at radius 1 is 1.47 bits per heavy atom. The van der Waals surface area contributed by atoms with Crippen LogP contribution >= 0.6 is 11.8 Å². The van der Waals surface area contributed by atoms with Crippen LogP contribution < -0.4 is 5.73 Å². The maximum atomic E-state index is 11.2. The lowest BCUT2D eigenvalue weighted by Crippen LogP contribution is -2.46. The van der Waals surface area contributed by atoms with E-state index in [1.165, 1.54) is 0 Å². The fourth-order valence-corrected chi connectivity index (χ4v) is 3.22. The molecule has 2 rings (SSSR count). The van der Waals surface area contributed by atoms with Crippen LogP contribution in [-0.4, -0.2) is 46.0 Å². The number of carbonyl (C=O) groups is 2. The number of hydrogen-bond acceptors (Lipinski definition) is 4. The molecule has 0 aliphatic carbocycles. The van der Waals surface area contributed by atoms with E-state index < -0.39 is 17.9 Å². The molecular formula is C13H16N2O3S. The van der Waals surface area contributed by atoms with Gasteiger partial charge in [0.15, 0.2) is 0 Å². The van der Waals surface area contributed by atoms with E-state index in [4.69, 9.17) is 5.73 Å². The van der Waals surface area contributed by atoms with Gasteiger partial charge in [-0.05, 0) is 17.7 Å². The third kappa shape index (κ3) is 3.48. The standard InChI is InChI=1S/C13H16N2O3S/c14-12(16)10-3-1-2-9(6-10)7-15-4-5-19-8-11(15)13(17)18/h1-3,6,11H,4-5,7-8H2,(H2,14,16)(H,17,18). The Morgan fingerprint density at radius 3 is 2.95 bits per heavy atom. The van der Waals surface area contributed by atoms with Crippen molar-refractivity contribution in [2.75, 3.05) is 18.1 Å². The SMILES string of the molecule is NC(=O)c1cccc(CN2CCSCC2C(=O)O)c1. The number of nitrogens with zero attached hydrogens (tertiary/aromatic N) is 1. The fraction of sp³-hybridized carbons (Fsp3) is 0.385. The Balaban J connectivity index is 2.12. The predicted octanol–water partition coefficient (Wildman–Crippen LogP) is 0.788. The van der Waals surface area contributed by atoms with E-state index in [2.05, 4.69) is 0 Å². The molecule has 3 N–H and O–H groups in total. The zero-order chi connectivity index (χ0) is 13.8. The third-order valence-corrected chi connectivity index (χ3v) is 4.14. The lowest BCUT2D eigenvalue weighted by molar-refractivity contribution is -0.142. The summed E-state index contributed by atoms with van der Waals surface area (Å²) in [5.41, 5.74) is 6.61. The van der Waals surface area contributed by atoms with E-state index >= 15 is 0 Å². The Hall–Kier alpha value is -1.53. The minimum atomic E-state index is -0.793. The zero-order valence-electron chi connectivity index (χ0n) is 10.4. The second-order valence-electron chi connectivity index (χ2n) is 4.46. The summed E-state index contributed by atoms with van der Waals surface area (Å²) in [6.45, 7) is 1.26. The predicted molar refractivity (Wildman–Crippen MR) is 74.1 cm³/mol. The number of carboxylic acids is 1. The van der Waals surface area contributed by atoms with Crippen LogP contribution in [0.4, 0.5) is 0 Å². The summed E-state index contributed by atoms with van der Waals surface area (Å²) in [4.78, 5) is 24.3. The van der Waals surface area contributed by atoms with Crippen molar-refractivity contribution in [1.82, 2.24) is 4.90 Å². The monoisotopic (exact) mass is 280 g/mol. The van der Waals surface area contributed by atoms with Gasteiger partial charge in [-0.1, -0.05) is 12.1 Å². The Kier molecular flexibility index (Phi) is 4.44. The minimum absolute atomic E-state index is 0.454. The molecule has 1 fully saturated rings. The molecule has 0 aromatic heterocycles. The van der Waals surface area contributed by atoms with Crippen LogP contribution in [0.25, 0.3) is 0 Å². The number of benzene rings is 1. The molecule has 1 amide bonds. The highest BCUT2D eigenvalue weighted by molar-refractivity contribution is 7.99. The first-order valence-corrected chi connectivity index (χ1v) is 7.17. The summed E-state index contributed by atoms with van der Waals surface area (Å²) >= 11 is 1.66. The van der Waals surface area contributed by atoms with Gasteiger partial charge < -0.3 is 10.8 Å². The van der Waals surface area contributed by atoms with E-state index in [-0.39, 0.29) is 0 Å². The molecule has 0 saturated carbocycles. The van der Waals surface area contributed by atoms with E-state index in [0.717, 1.165) is 17.9 Å². The maximum Gasteiger partial charge on any atom is 0.321 e. The molecule has 102 valence electrons. The molecule has 0 radical (unpaired) electrons. The molecule has 0 spiro atoms. The normalized spacial score (nSPS) is 20.1. The van der Waals surface area contributed by atoms with E-state index in [1.54, 1.807) is 30.0 Å². The van der Waals surface area contributed by atoms with Crippen LogP contribution in [0.1, 0.15) is 15.9 Å². The maximum absolute atomic E-state index is 11.2. The molecular weight excluding hydrogens is 264 g/mol. The summed E-state index contributed by atoms with van der Waals surface area (Å²) in [7, 11) is 0. The van der Waals surface area contributed by atoms with Crippen molar-refractivity contribution in [3.05, 3.63) is 35.4 Å². The molecule has 1 atom stereocenters. The van der Waals surface area contributed by atoms with Crippen LogP contribution in [0.3, 0.4) is 0 Å². The Morgan fingerprint density at radius 2 is 2.26 bits per heavy atom. The van der Waals surface area contributed by atoms with Gasteiger partial charge in [-0.3, -0.25) is 14.5 Å². The summed E-state index contributed by atoms with van der Waals surface area (Å²) in [6, 6.07) is 6.57. The zero-order valence-corrected chi connectivity index (χ0v) is 11.2. The topological polar surface area (TPSA) is 83.6 Å². The van der Waals surface area contributed by atoms with Crippen LogP contribution in [0, 0.1) is 0 Å². The number of carboxylic acid groups (broad SMARTS) is 1. The summed E-state index contributed by atoms with van der Waals surface area (Å²) in [5, 5.41) is 9.20. The van der Waals surface area contributed by atoms with Gasteiger partial charge in [-0.15, -0.1) is 0 Å². The average molecular weight is 280 g/mol. The van der Waals surface area contributed by atoms with Crippen LogP contribution in [-0.2, 0) is 11.3 Å². The van der Waals surface area contributed by atoms with Gasteiger partial charge in [-0.2, -0.15) is 11.8 Å². The Labute approximate surface area is 115 Å². The molecule has 1 aromatic rings. The fourth-order valence-electron chi connectivity index (χ4n) is 2.11. The second kappa shape index (κ2) is 6.08. The van der Waals surface area contributed by atoms with Gasteiger partial charge in [0, 0.05) is 30.2 Å². The molecule has 1 aromatic carbocycles. The molecule has 0 bridgehead atoms. The van der Waals surface area contributed by atoms with Crippen molar-refractivity contribution >= 4 is 23.6 Å². The lowest BCUT2D eigenvalue weighted by Gasteiger charge is -2.32. The van der Waals surface area contributed by atoms with Crippen molar-refractivity contribution in [2.24, 2.45) is 5.73 Å². The van der Waals surface area contributed by atoms with E-state index in [1.807, 2.05) is 11.0 Å². The summed E-state index contributed by atoms with van der Waals surface area (Å²) < 4.78 is 0. The van der Waals surface area contributed by atoms with Gasteiger partial charge in [0.1, 0.15) is 6.04 Å². The molecule has 1 saturated heterocycles. The highest BCUT2D eigenvalue weighted by Gasteiger charge is 2.28. The van der Waals surface area contributed by atoms with Gasteiger partial charge in [0.05, 0.1) is 0 Å². The number of rotatable bonds is 4. The van der Waals surface area contributed by atoms with Crippen LogP contribution in [0.15, 0.2) is 24.3 Å². The molecule has 5 nitrogen and oxygen atoms in total. The smallest absolute Gasteiger partial charge is 0.321 e. The average Bonchev–Trinajstić information content (AvgIpc) is 2.39. The second-order valence-corrected chi connectivity index (χ2v) is 5.61. The quantitative estimate of drug-likeness (QED) is 0.852.